The molecule has 3 N–H and O–H groups in total. The van der Waals surface area contributed by atoms with E-state index in [0.717, 1.165) is 29.9 Å². The molecule has 0 atom stereocenters. The highest BCUT2D eigenvalue weighted by Gasteiger charge is 2.19. The SMILES string of the molecule is Cc1ccc(N)c(CC(=O)NC2CCC(C)CC2)c1. The molecule has 0 saturated heterocycles. The number of hydrogen-bond donors (Lipinski definition) is 2. The van der Waals surface area contributed by atoms with Gasteiger partial charge in [-0.2, -0.15) is 0 Å². The molecule has 0 unspecified atom stereocenters. The molecule has 1 saturated carbocycles. The molecule has 0 bridgehead atoms. The van der Waals surface area contributed by atoms with Crippen molar-refractivity contribution >= 4 is 11.6 Å². The molecule has 0 aliphatic heterocycles. The van der Waals surface area contributed by atoms with Crippen LogP contribution in [-0.4, -0.2) is 11.9 Å². The van der Waals surface area contributed by atoms with E-state index >= 15 is 0 Å². The molecule has 104 valence electrons. The smallest absolute Gasteiger partial charge is 0.224 e. The van der Waals surface area contributed by atoms with Crippen molar-refractivity contribution in [3.8, 4) is 0 Å². The van der Waals surface area contributed by atoms with Gasteiger partial charge < -0.3 is 11.1 Å². The van der Waals surface area contributed by atoms with E-state index in [4.69, 9.17) is 5.73 Å². The molecule has 2 rings (SSSR count). The van der Waals surface area contributed by atoms with Crippen LogP contribution in [0.1, 0.15) is 43.7 Å². The third-order valence-electron chi connectivity index (χ3n) is 4.03. The molecule has 0 aromatic heterocycles. The summed E-state index contributed by atoms with van der Waals surface area (Å²) in [5.41, 5.74) is 8.69. The monoisotopic (exact) mass is 260 g/mol. The minimum atomic E-state index is 0.0943. The van der Waals surface area contributed by atoms with Crippen molar-refractivity contribution in [2.75, 3.05) is 5.73 Å². The quantitative estimate of drug-likeness (QED) is 0.821. The molecular weight excluding hydrogens is 236 g/mol. The fourth-order valence-electron chi connectivity index (χ4n) is 2.74. The number of carbonyl (C=O) groups excluding carboxylic acids is 1. The second-order valence-electron chi connectivity index (χ2n) is 5.90. The van der Waals surface area contributed by atoms with Crippen molar-refractivity contribution < 1.29 is 4.79 Å². The normalized spacial score (nSPS) is 23.1. The van der Waals surface area contributed by atoms with Crippen molar-refractivity contribution in [1.29, 1.82) is 0 Å². The van der Waals surface area contributed by atoms with Crippen LogP contribution in [0.15, 0.2) is 18.2 Å². The largest absolute Gasteiger partial charge is 0.398 e. The lowest BCUT2D eigenvalue weighted by atomic mass is 9.87. The van der Waals surface area contributed by atoms with E-state index < -0.39 is 0 Å². The molecule has 1 aromatic rings. The van der Waals surface area contributed by atoms with E-state index in [2.05, 4.69) is 12.2 Å². The van der Waals surface area contributed by atoms with Gasteiger partial charge in [0.1, 0.15) is 0 Å². The van der Waals surface area contributed by atoms with Gasteiger partial charge in [0.05, 0.1) is 6.42 Å². The van der Waals surface area contributed by atoms with Crippen LogP contribution in [0, 0.1) is 12.8 Å². The van der Waals surface area contributed by atoms with Gasteiger partial charge in [-0.05, 0) is 50.2 Å². The highest BCUT2D eigenvalue weighted by atomic mass is 16.1. The number of carbonyl (C=O) groups is 1. The summed E-state index contributed by atoms with van der Waals surface area (Å²) in [5, 5.41) is 3.14. The summed E-state index contributed by atoms with van der Waals surface area (Å²) < 4.78 is 0. The number of nitrogens with one attached hydrogen (secondary N) is 1. The zero-order chi connectivity index (χ0) is 13.8. The Hall–Kier alpha value is -1.51. The Labute approximate surface area is 115 Å². The summed E-state index contributed by atoms with van der Waals surface area (Å²) in [4.78, 5) is 12.1. The van der Waals surface area contributed by atoms with Gasteiger partial charge in [-0.25, -0.2) is 0 Å². The van der Waals surface area contributed by atoms with Crippen LogP contribution in [-0.2, 0) is 11.2 Å². The van der Waals surface area contributed by atoms with E-state index in [0.29, 0.717) is 18.2 Å². The number of rotatable bonds is 3. The van der Waals surface area contributed by atoms with E-state index in [9.17, 15) is 4.79 Å². The fraction of sp³-hybridized carbons (Fsp3) is 0.562. The van der Waals surface area contributed by atoms with E-state index in [1.165, 1.54) is 12.8 Å². The Morgan fingerprint density at radius 2 is 2.00 bits per heavy atom. The lowest BCUT2D eigenvalue weighted by Gasteiger charge is -2.27. The molecule has 1 aliphatic rings. The van der Waals surface area contributed by atoms with Crippen molar-refractivity contribution in [1.82, 2.24) is 5.32 Å². The van der Waals surface area contributed by atoms with Gasteiger partial charge in [0.25, 0.3) is 0 Å². The number of amides is 1. The number of benzene rings is 1. The summed E-state index contributed by atoms with van der Waals surface area (Å²) >= 11 is 0. The number of nitrogen functional groups attached to an aromatic ring is 1. The predicted octanol–water partition coefficient (Wildman–Crippen LogP) is 2.81. The maximum absolute atomic E-state index is 12.1. The molecule has 19 heavy (non-hydrogen) atoms. The van der Waals surface area contributed by atoms with Crippen LogP contribution in [0.25, 0.3) is 0 Å². The third-order valence-corrected chi connectivity index (χ3v) is 4.03. The second-order valence-corrected chi connectivity index (χ2v) is 5.90. The summed E-state index contributed by atoms with van der Waals surface area (Å²) in [5.74, 6) is 0.900. The Bertz CT molecular complexity index is 448. The Morgan fingerprint density at radius 3 is 2.68 bits per heavy atom. The first-order valence-electron chi connectivity index (χ1n) is 7.19. The van der Waals surface area contributed by atoms with E-state index in [1.807, 2.05) is 25.1 Å². The van der Waals surface area contributed by atoms with Crippen LogP contribution < -0.4 is 11.1 Å². The van der Waals surface area contributed by atoms with Gasteiger partial charge in [0.2, 0.25) is 5.91 Å². The maximum Gasteiger partial charge on any atom is 0.224 e. The number of hydrogen-bond acceptors (Lipinski definition) is 2. The van der Waals surface area contributed by atoms with Gasteiger partial charge in [-0.3, -0.25) is 4.79 Å². The van der Waals surface area contributed by atoms with Crippen LogP contribution >= 0.6 is 0 Å². The van der Waals surface area contributed by atoms with Crippen molar-refractivity contribution in [3.63, 3.8) is 0 Å². The molecule has 1 aliphatic carbocycles. The molecule has 3 heteroatoms. The van der Waals surface area contributed by atoms with Gasteiger partial charge >= 0.3 is 0 Å². The lowest BCUT2D eigenvalue weighted by Crippen LogP contribution is -2.38. The fourth-order valence-corrected chi connectivity index (χ4v) is 2.74. The number of anilines is 1. The Morgan fingerprint density at radius 1 is 1.32 bits per heavy atom. The second kappa shape index (κ2) is 6.09. The topological polar surface area (TPSA) is 55.1 Å². The maximum atomic E-state index is 12.1. The summed E-state index contributed by atoms with van der Waals surface area (Å²) in [6.45, 7) is 4.30. The van der Waals surface area contributed by atoms with Gasteiger partial charge in [-0.1, -0.05) is 24.6 Å². The molecule has 3 nitrogen and oxygen atoms in total. The molecule has 1 fully saturated rings. The first kappa shape index (κ1) is 13.9. The Balaban J connectivity index is 1.89. The predicted molar refractivity (Wildman–Crippen MR) is 78.9 cm³/mol. The summed E-state index contributed by atoms with van der Waals surface area (Å²) in [7, 11) is 0. The molecule has 1 amide bonds. The van der Waals surface area contributed by atoms with Crippen LogP contribution in [0.4, 0.5) is 5.69 Å². The van der Waals surface area contributed by atoms with Crippen LogP contribution in [0.5, 0.6) is 0 Å². The van der Waals surface area contributed by atoms with Crippen molar-refractivity contribution in [3.05, 3.63) is 29.3 Å². The number of nitrogens with two attached hydrogens (primary N) is 1. The molecule has 0 radical (unpaired) electrons. The van der Waals surface area contributed by atoms with Gasteiger partial charge in [0, 0.05) is 11.7 Å². The first-order valence-corrected chi connectivity index (χ1v) is 7.19. The van der Waals surface area contributed by atoms with E-state index in [-0.39, 0.29) is 5.91 Å². The first-order chi connectivity index (χ1) is 9.04. The zero-order valence-electron chi connectivity index (χ0n) is 11.9. The van der Waals surface area contributed by atoms with E-state index in [1.54, 1.807) is 0 Å². The summed E-state index contributed by atoms with van der Waals surface area (Å²) in [6, 6.07) is 6.20. The average molecular weight is 260 g/mol. The zero-order valence-corrected chi connectivity index (χ0v) is 11.9. The molecular formula is C16H24N2O. The average Bonchev–Trinajstić information content (AvgIpc) is 2.37. The third kappa shape index (κ3) is 3.98. The highest BCUT2D eigenvalue weighted by molar-refractivity contribution is 5.80. The molecule has 0 heterocycles. The molecule has 0 spiro atoms. The van der Waals surface area contributed by atoms with Crippen molar-refractivity contribution in [2.24, 2.45) is 5.92 Å². The Kier molecular flexibility index (Phi) is 4.46. The minimum Gasteiger partial charge on any atom is -0.398 e. The van der Waals surface area contributed by atoms with Crippen LogP contribution in [0.2, 0.25) is 0 Å². The van der Waals surface area contributed by atoms with Crippen LogP contribution in [0.3, 0.4) is 0 Å². The number of aryl methyl sites for hydroxylation is 1. The molecule has 1 aromatic carbocycles. The van der Waals surface area contributed by atoms with Crippen molar-refractivity contribution in [2.45, 2.75) is 52.0 Å². The minimum absolute atomic E-state index is 0.0943. The van der Waals surface area contributed by atoms with Gasteiger partial charge in [0.15, 0.2) is 0 Å². The van der Waals surface area contributed by atoms with Gasteiger partial charge in [-0.15, -0.1) is 0 Å². The highest BCUT2D eigenvalue weighted by Crippen LogP contribution is 2.23. The standard InChI is InChI=1S/C16H24N2O/c1-11-3-6-14(7-4-11)18-16(19)10-13-9-12(2)5-8-15(13)17/h5,8-9,11,14H,3-4,6-7,10,17H2,1-2H3,(H,18,19). The lowest BCUT2D eigenvalue weighted by molar-refractivity contribution is -0.121. The summed E-state index contributed by atoms with van der Waals surface area (Å²) in [6.07, 6.45) is 5.04.